The molecule has 0 fully saturated rings. The summed E-state index contributed by atoms with van der Waals surface area (Å²) in [6, 6.07) is 23.3. The van der Waals surface area contributed by atoms with Crippen LogP contribution in [0.3, 0.4) is 0 Å². The van der Waals surface area contributed by atoms with Gasteiger partial charge in [0, 0.05) is 11.6 Å². The van der Waals surface area contributed by atoms with E-state index in [4.69, 9.17) is 4.74 Å². The Kier molecular flexibility index (Phi) is 5.46. The van der Waals surface area contributed by atoms with Crippen LogP contribution < -0.4 is 4.74 Å². The number of rotatable bonds is 6. The number of hydrogen-bond donors (Lipinski definition) is 0. The summed E-state index contributed by atoms with van der Waals surface area (Å²) in [5, 5.41) is 0. The molecule has 0 amide bonds. The lowest BCUT2D eigenvalue weighted by Crippen LogP contribution is -2.26. The normalized spacial score (nSPS) is 10.9. The number of ether oxygens (including phenoxy) is 1. The molecule has 27 heavy (non-hydrogen) atoms. The third kappa shape index (κ3) is 4.29. The third-order valence-electron chi connectivity index (χ3n) is 4.15. The van der Waals surface area contributed by atoms with E-state index in [2.05, 4.69) is 0 Å². The Labute approximate surface area is 156 Å². The number of ketones is 1. The van der Waals surface area contributed by atoms with E-state index in [-0.39, 0.29) is 5.56 Å². The molecule has 0 spiro atoms. The smallest absolute Gasteiger partial charge is 0.329 e. The molecular weight excluding hydrogens is 346 g/mol. The third-order valence-corrected chi connectivity index (χ3v) is 4.15. The molecule has 3 rings (SSSR count). The van der Waals surface area contributed by atoms with Crippen LogP contribution in [0.4, 0.5) is 8.78 Å². The van der Waals surface area contributed by atoms with Crippen molar-refractivity contribution in [2.75, 3.05) is 7.11 Å². The summed E-state index contributed by atoms with van der Waals surface area (Å²) >= 11 is 0. The molecule has 0 aromatic heterocycles. The molecule has 0 heterocycles. The second-order valence-corrected chi connectivity index (χ2v) is 5.97. The Hall–Kier alpha value is -3.27. The average molecular weight is 364 g/mol. The van der Waals surface area contributed by atoms with Crippen molar-refractivity contribution >= 4 is 11.4 Å². The number of carbonyl (C=O) groups is 1. The molecule has 0 aliphatic rings. The molecule has 4 heteroatoms. The lowest BCUT2D eigenvalue weighted by molar-refractivity contribution is 0.0384. The molecule has 0 aliphatic heterocycles. The summed E-state index contributed by atoms with van der Waals surface area (Å²) < 4.78 is 34.7. The summed E-state index contributed by atoms with van der Waals surface area (Å²) in [6.07, 6.45) is 0.740. The largest absolute Gasteiger partial charge is 0.497 e. The highest BCUT2D eigenvalue weighted by molar-refractivity contribution is 6.04. The molecule has 2 nitrogen and oxygen atoms in total. The molecule has 0 aliphatic carbocycles. The Balaban J connectivity index is 2.03. The van der Waals surface area contributed by atoms with E-state index in [1.807, 2.05) is 12.1 Å². The predicted octanol–water partition coefficient (Wildman–Crippen LogP) is 5.65. The quantitative estimate of drug-likeness (QED) is 0.529. The molecule has 3 aromatic carbocycles. The Morgan fingerprint density at radius 1 is 0.778 bits per heavy atom. The van der Waals surface area contributed by atoms with E-state index in [9.17, 15) is 13.6 Å². The second-order valence-electron chi connectivity index (χ2n) is 5.97. The lowest BCUT2D eigenvalue weighted by Gasteiger charge is -2.15. The minimum absolute atomic E-state index is 0.0717. The van der Waals surface area contributed by atoms with Crippen LogP contribution in [0.1, 0.15) is 21.5 Å². The molecular formula is C23H18F2O2. The van der Waals surface area contributed by atoms with Crippen LogP contribution in [0, 0.1) is 0 Å². The van der Waals surface area contributed by atoms with Crippen molar-refractivity contribution in [1.29, 1.82) is 0 Å². The number of benzene rings is 3. The van der Waals surface area contributed by atoms with Crippen LogP contribution >= 0.6 is 0 Å². The van der Waals surface area contributed by atoms with Gasteiger partial charge in [-0.3, -0.25) is 4.79 Å². The van der Waals surface area contributed by atoms with Gasteiger partial charge in [-0.15, -0.1) is 0 Å². The SMILES string of the molecule is COc1ccc(C(=O)C(F)(F)C=C(c2ccccc2)c2ccccc2)cc1. The fraction of sp³-hybridized carbons (Fsp3) is 0.0870. The van der Waals surface area contributed by atoms with E-state index >= 15 is 0 Å². The highest BCUT2D eigenvalue weighted by Crippen LogP contribution is 2.31. The van der Waals surface area contributed by atoms with Crippen molar-refractivity contribution in [2.45, 2.75) is 5.92 Å². The van der Waals surface area contributed by atoms with Crippen LogP contribution in [0.2, 0.25) is 0 Å². The first-order valence-electron chi connectivity index (χ1n) is 8.41. The lowest BCUT2D eigenvalue weighted by atomic mass is 9.94. The van der Waals surface area contributed by atoms with Crippen molar-refractivity contribution in [3.63, 3.8) is 0 Å². The Morgan fingerprint density at radius 3 is 1.70 bits per heavy atom. The molecule has 0 saturated heterocycles. The first kappa shape index (κ1) is 18.5. The van der Waals surface area contributed by atoms with Gasteiger partial charge in [0.2, 0.25) is 5.78 Å². The number of Topliss-reactive ketones (excluding diaryl/α,β-unsaturated/α-hetero) is 1. The van der Waals surface area contributed by atoms with Gasteiger partial charge < -0.3 is 4.74 Å². The monoisotopic (exact) mass is 364 g/mol. The molecule has 0 radical (unpaired) electrons. The summed E-state index contributed by atoms with van der Waals surface area (Å²) in [7, 11) is 1.47. The molecule has 3 aromatic rings. The van der Waals surface area contributed by atoms with Crippen LogP contribution in [0.15, 0.2) is 91.0 Å². The Bertz CT molecular complexity index is 890. The molecule has 0 atom stereocenters. The topological polar surface area (TPSA) is 26.3 Å². The van der Waals surface area contributed by atoms with Crippen molar-refractivity contribution in [1.82, 2.24) is 0 Å². The van der Waals surface area contributed by atoms with Gasteiger partial charge in [-0.25, -0.2) is 0 Å². The molecule has 0 unspecified atom stereocenters. The molecule has 0 saturated carbocycles. The molecule has 136 valence electrons. The minimum Gasteiger partial charge on any atom is -0.497 e. The van der Waals surface area contributed by atoms with Crippen molar-refractivity contribution in [3.8, 4) is 5.75 Å². The van der Waals surface area contributed by atoms with E-state index in [0.717, 1.165) is 6.08 Å². The summed E-state index contributed by atoms with van der Waals surface area (Å²) in [4.78, 5) is 12.4. The van der Waals surface area contributed by atoms with E-state index in [0.29, 0.717) is 22.4 Å². The van der Waals surface area contributed by atoms with Crippen molar-refractivity contribution in [3.05, 3.63) is 108 Å². The minimum atomic E-state index is -3.66. The summed E-state index contributed by atoms with van der Waals surface area (Å²) in [5.74, 6) is -4.41. The van der Waals surface area contributed by atoms with Gasteiger partial charge in [-0.05, 0) is 41.0 Å². The summed E-state index contributed by atoms with van der Waals surface area (Å²) in [5.41, 5.74) is 1.47. The van der Waals surface area contributed by atoms with Crippen LogP contribution in [0.25, 0.3) is 5.57 Å². The predicted molar refractivity (Wildman–Crippen MR) is 102 cm³/mol. The van der Waals surface area contributed by atoms with Gasteiger partial charge in [-0.2, -0.15) is 8.78 Å². The first-order chi connectivity index (χ1) is 13.0. The number of hydrogen-bond acceptors (Lipinski definition) is 2. The van der Waals surface area contributed by atoms with Gasteiger partial charge in [0.25, 0.3) is 0 Å². The summed E-state index contributed by atoms with van der Waals surface area (Å²) in [6.45, 7) is 0. The number of carbonyl (C=O) groups excluding carboxylic acids is 1. The van der Waals surface area contributed by atoms with Crippen LogP contribution in [-0.2, 0) is 0 Å². The zero-order chi connectivity index (χ0) is 19.3. The van der Waals surface area contributed by atoms with Gasteiger partial charge >= 0.3 is 5.92 Å². The van der Waals surface area contributed by atoms with E-state index < -0.39 is 11.7 Å². The maximum absolute atomic E-state index is 14.8. The Morgan fingerprint density at radius 2 is 1.26 bits per heavy atom. The highest BCUT2D eigenvalue weighted by Gasteiger charge is 2.37. The van der Waals surface area contributed by atoms with Crippen LogP contribution in [0.5, 0.6) is 5.75 Å². The zero-order valence-corrected chi connectivity index (χ0v) is 14.7. The van der Waals surface area contributed by atoms with Crippen molar-refractivity contribution < 1.29 is 18.3 Å². The molecule has 0 bridgehead atoms. The number of methoxy groups -OCH3 is 1. The zero-order valence-electron chi connectivity index (χ0n) is 14.7. The standard InChI is InChI=1S/C23H18F2O2/c1-27-20-14-12-19(13-15-20)22(26)23(24,25)16-21(17-8-4-2-5-9-17)18-10-6-3-7-11-18/h2-16H,1H3. The van der Waals surface area contributed by atoms with Crippen LogP contribution in [-0.4, -0.2) is 18.8 Å². The first-order valence-corrected chi connectivity index (χ1v) is 8.41. The van der Waals surface area contributed by atoms with Gasteiger partial charge in [0.05, 0.1) is 7.11 Å². The second kappa shape index (κ2) is 7.96. The number of allylic oxidation sites excluding steroid dienone is 1. The molecule has 0 N–H and O–H groups in total. The number of halogens is 2. The maximum atomic E-state index is 14.8. The van der Waals surface area contributed by atoms with Gasteiger partial charge in [0.1, 0.15) is 5.75 Å². The highest BCUT2D eigenvalue weighted by atomic mass is 19.3. The fourth-order valence-corrected chi connectivity index (χ4v) is 2.75. The van der Waals surface area contributed by atoms with Crippen molar-refractivity contribution in [2.24, 2.45) is 0 Å². The van der Waals surface area contributed by atoms with E-state index in [1.54, 1.807) is 48.5 Å². The van der Waals surface area contributed by atoms with E-state index in [1.165, 1.54) is 31.4 Å². The van der Waals surface area contributed by atoms with Gasteiger partial charge in [0.15, 0.2) is 0 Å². The number of alkyl halides is 2. The maximum Gasteiger partial charge on any atom is 0.329 e. The van der Waals surface area contributed by atoms with Gasteiger partial charge in [-0.1, -0.05) is 60.7 Å². The fourth-order valence-electron chi connectivity index (χ4n) is 2.75. The average Bonchev–Trinajstić information content (AvgIpc) is 2.73.